The molecule has 0 radical (unpaired) electrons. The van der Waals surface area contributed by atoms with Gasteiger partial charge in [0.15, 0.2) is 5.16 Å². The highest BCUT2D eigenvalue weighted by Crippen LogP contribution is 2.36. The van der Waals surface area contributed by atoms with Crippen molar-refractivity contribution in [1.82, 2.24) is 14.5 Å². The van der Waals surface area contributed by atoms with Crippen LogP contribution in [-0.4, -0.2) is 52.0 Å². The van der Waals surface area contributed by atoms with E-state index in [-0.39, 0.29) is 22.4 Å². The molecule has 1 saturated carbocycles. The van der Waals surface area contributed by atoms with Crippen molar-refractivity contribution in [3.63, 3.8) is 0 Å². The number of hydrogen-bond donors (Lipinski definition) is 0. The molecule has 1 heterocycles. The molecule has 180 valence electrons. The van der Waals surface area contributed by atoms with Crippen LogP contribution in [0.3, 0.4) is 0 Å². The summed E-state index contributed by atoms with van der Waals surface area (Å²) in [4.78, 5) is 31.8. The molecule has 1 aliphatic rings. The van der Waals surface area contributed by atoms with Gasteiger partial charge < -0.3 is 9.64 Å². The molecule has 0 N–H and O–H groups in total. The number of alkyl halides is 3. The van der Waals surface area contributed by atoms with Crippen molar-refractivity contribution in [1.29, 1.82) is 0 Å². The number of ether oxygens (including phenoxy) is 1. The van der Waals surface area contributed by atoms with Crippen LogP contribution >= 0.6 is 11.8 Å². The summed E-state index contributed by atoms with van der Waals surface area (Å²) in [5, 5.41) is 0.581. The van der Waals surface area contributed by atoms with Gasteiger partial charge in [0.2, 0.25) is 5.91 Å². The molecule has 4 rings (SSSR count). The van der Waals surface area contributed by atoms with Crippen molar-refractivity contribution in [2.24, 2.45) is 5.92 Å². The van der Waals surface area contributed by atoms with Crippen molar-refractivity contribution in [3.05, 3.63) is 58.9 Å². The summed E-state index contributed by atoms with van der Waals surface area (Å²) in [5.74, 6) is -0.416. The zero-order valence-electron chi connectivity index (χ0n) is 18.7. The van der Waals surface area contributed by atoms with Crippen LogP contribution in [0.2, 0.25) is 0 Å². The third kappa shape index (κ3) is 5.22. The highest BCUT2D eigenvalue weighted by Gasteiger charge is 2.40. The molecule has 1 aromatic heterocycles. The van der Waals surface area contributed by atoms with E-state index >= 15 is 0 Å². The Bertz CT molecular complexity index is 1260. The Morgan fingerprint density at radius 1 is 1.21 bits per heavy atom. The standard InChI is InChI=1S/C24H24F3N3O3S/c1-15(16-11-12-16)29(14-24(25,26)27)21(31)13-34-23-28-18-8-4-3-7-17(18)22(32)30(23)19-9-5-6-10-20(19)33-2/h3-10,15-16H,11-14H2,1-2H3. The molecular weight excluding hydrogens is 467 g/mol. The van der Waals surface area contributed by atoms with Gasteiger partial charge in [-0.05, 0) is 49.9 Å². The molecule has 1 atom stereocenters. The quantitative estimate of drug-likeness (QED) is 0.338. The monoisotopic (exact) mass is 491 g/mol. The minimum Gasteiger partial charge on any atom is -0.495 e. The van der Waals surface area contributed by atoms with E-state index in [1.165, 1.54) is 11.7 Å². The van der Waals surface area contributed by atoms with E-state index in [0.717, 1.165) is 29.5 Å². The summed E-state index contributed by atoms with van der Waals surface area (Å²) in [6.45, 7) is 0.361. The number of carbonyl (C=O) groups excluding carboxylic acids is 1. The summed E-state index contributed by atoms with van der Waals surface area (Å²) >= 11 is 0.940. The first-order valence-corrected chi connectivity index (χ1v) is 11.8. The normalized spacial score (nSPS) is 14.7. The van der Waals surface area contributed by atoms with Crippen molar-refractivity contribution in [3.8, 4) is 11.4 Å². The number of methoxy groups -OCH3 is 1. The van der Waals surface area contributed by atoms with Gasteiger partial charge in [0, 0.05) is 6.04 Å². The molecule has 1 amide bonds. The fourth-order valence-corrected chi connectivity index (χ4v) is 4.82. The van der Waals surface area contributed by atoms with Crippen LogP contribution < -0.4 is 10.3 Å². The number of rotatable bonds is 8. The molecule has 0 aliphatic heterocycles. The summed E-state index contributed by atoms with van der Waals surface area (Å²) in [7, 11) is 1.48. The SMILES string of the molecule is COc1ccccc1-n1c(SCC(=O)N(CC(F)(F)F)C(C)C2CC2)nc2ccccc2c1=O. The Kier molecular flexibility index (Phi) is 6.88. The number of thioether (sulfide) groups is 1. The van der Waals surface area contributed by atoms with Crippen LogP contribution in [0.4, 0.5) is 13.2 Å². The third-order valence-electron chi connectivity index (χ3n) is 5.86. The molecule has 6 nitrogen and oxygen atoms in total. The lowest BCUT2D eigenvalue weighted by molar-refractivity contribution is -0.164. The lowest BCUT2D eigenvalue weighted by Crippen LogP contribution is -2.46. The number of carbonyl (C=O) groups is 1. The van der Waals surface area contributed by atoms with E-state index in [2.05, 4.69) is 4.98 Å². The summed E-state index contributed by atoms with van der Waals surface area (Å²) < 4.78 is 46.3. The molecule has 1 aliphatic carbocycles. The average Bonchev–Trinajstić information content (AvgIpc) is 3.66. The lowest BCUT2D eigenvalue weighted by atomic mass is 10.2. The fourth-order valence-electron chi connectivity index (χ4n) is 3.93. The third-order valence-corrected chi connectivity index (χ3v) is 6.78. The predicted molar refractivity (Wildman–Crippen MR) is 125 cm³/mol. The summed E-state index contributed by atoms with van der Waals surface area (Å²) in [5.41, 5.74) is 0.511. The number of aromatic nitrogens is 2. The molecule has 0 spiro atoms. The van der Waals surface area contributed by atoms with Gasteiger partial charge in [-0.15, -0.1) is 0 Å². The zero-order valence-corrected chi connectivity index (χ0v) is 19.5. The van der Waals surface area contributed by atoms with Gasteiger partial charge in [-0.1, -0.05) is 36.0 Å². The second-order valence-corrected chi connectivity index (χ2v) is 9.17. The topological polar surface area (TPSA) is 64.4 Å². The maximum absolute atomic E-state index is 13.4. The smallest absolute Gasteiger partial charge is 0.406 e. The molecule has 1 unspecified atom stereocenters. The number of amides is 1. The molecule has 10 heteroatoms. The summed E-state index contributed by atoms with van der Waals surface area (Å²) in [6, 6.07) is 13.2. The van der Waals surface area contributed by atoms with Crippen molar-refractivity contribution in [2.45, 2.75) is 37.1 Å². The second kappa shape index (κ2) is 9.69. The maximum atomic E-state index is 13.4. The molecule has 34 heavy (non-hydrogen) atoms. The first kappa shape index (κ1) is 24.1. The van der Waals surface area contributed by atoms with E-state index in [1.807, 2.05) is 0 Å². The molecule has 0 saturated heterocycles. The van der Waals surface area contributed by atoms with Gasteiger partial charge in [-0.3, -0.25) is 14.2 Å². The highest BCUT2D eigenvalue weighted by molar-refractivity contribution is 7.99. The number of benzene rings is 2. The molecule has 1 fully saturated rings. The number of fused-ring (bicyclic) bond motifs is 1. The van der Waals surface area contributed by atoms with E-state index in [0.29, 0.717) is 22.3 Å². The number of hydrogen-bond acceptors (Lipinski definition) is 5. The van der Waals surface area contributed by atoms with Crippen molar-refractivity contribution < 1.29 is 22.7 Å². The van der Waals surface area contributed by atoms with Crippen LogP contribution in [0.1, 0.15) is 19.8 Å². The number of halogens is 3. The Labute approximate surface area is 198 Å². The first-order valence-electron chi connectivity index (χ1n) is 10.8. The Balaban J connectivity index is 1.71. The zero-order chi connectivity index (χ0) is 24.5. The Hall–Kier alpha value is -3.01. The highest BCUT2D eigenvalue weighted by atomic mass is 32.2. The first-order chi connectivity index (χ1) is 16.2. The van der Waals surface area contributed by atoms with Crippen LogP contribution in [-0.2, 0) is 4.79 Å². The fraction of sp³-hybridized carbons (Fsp3) is 0.375. The van der Waals surface area contributed by atoms with E-state index in [9.17, 15) is 22.8 Å². The minimum absolute atomic E-state index is 0.0851. The van der Waals surface area contributed by atoms with Gasteiger partial charge in [0.05, 0.1) is 29.5 Å². The Morgan fingerprint density at radius 3 is 2.56 bits per heavy atom. The van der Waals surface area contributed by atoms with Crippen LogP contribution in [0.25, 0.3) is 16.6 Å². The van der Waals surface area contributed by atoms with Crippen LogP contribution in [0.5, 0.6) is 5.75 Å². The van der Waals surface area contributed by atoms with Crippen molar-refractivity contribution in [2.75, 3.05) is 19.4 Å². The summed E-state index contributed by atoms with van der Waals surface area (Å²) in [6.07, 6.45) is -2.87. The second-order valence-electron chi connectivity index (χ2n) is 8.23. The van der Waals surface area contributed by atoms with Gasteiger partial charge >= 0.3 is 6.18 Å². The largest absolute Gasteiger partial charge is 0.495 e. The van der Waals surface area contributed by atoms with Crippen LogP contribution in [0.15, 0.2) is 58.5 Å². The number of nitrogens with zero attached hydrogens (tertiary/aromatic N) is 3. The van der Waals surface area contributed by atoms with E-state index < -0.39 is 24.7 Å². The molecule has 2 aromatic carbocycles. The van der Waals surface area contributed by atoms with Gasteiger partial charge in [0.1, 0.15) is 12.3 Å². The molecule has 0 bridgehead atoms. The minimum atomic E-state index is -4.50. The molecular formula is C24H24F3N3O3S. The Morgan fingerprint density at radius 2 is 1.88 bits per heavy atom. The molecule has 3 aromatic rings. The van der Waals surface area contributed by atoms with E-state index in [1.54, 1.807) is 55.5 Å². The maximum Gasteiger partial charge on any atom is 0.406 e. The van der Waals surface area contributed by atoms with Gasteiger partial charge in [-0.2, -0.15) is 13.2 Å². The lowest BCUT2D eigenvalue weighted by Gasteiger charge is -2.30. The predicted octanol–water partition coefficient (Wildman–Crippen LogP) is 4.68. The van der Waals surface area contributed by atoms with Gasteiger partial charge in [-0.25, -0.2) is 4.98 Å². The van der Waals surface area contributed by atoms with Gasteiger partial charge in [0.25, 0.3) is 5.56 Å². The van der Waals surface area contributed by atoms with Crippen molar-refractivity contribution >= 4 is 28.6 Å². The average molecular weight is 492 g/mol. The van der Waals surface area contributed by atoms with Crippen LogP contribution in [0, 0.1) is 5.92 Å². The van der Waals surface area contributed by atoms with E-state index in [4.69, 9.17) is 4.74 Å². The number of para-hydroxylation sites is 3.